The Hall–Kier alpha value is -0.440. The maximum Gasteiger partial charge on any atom is 0.516 e. The summed E-state index contributed by atoms with van der Waals surface area (Å²) in [4.78, 5) is 11.8. The fourth-order valence-corrected chi connectivity index (χ4v) is 2.03. The third kappa shape index (κ3) is 5.36. The first-order chi connectivity index (χ1) is 8.97. The standard InChI is InChI=1S/C5H7F6O8PS/c1-3(2-6,4(7,8)5(9,10)11)17-18-20(12,13)19-21(14,15)16/h2H2,1H3,(H,12,13)(H,14,15,16). The van der Waals surface area contributed by atoms with Gasteiger partial charge >= 0.3 is 30.3 Å². The molecule has 0 amide bonds. The van der Waals surface area contributed by atoms with Crippen molar-refractivity contribution in [3.8, 4) is 0 Å². The quantitative estimate of drug-likeness (QED) is 0.228. The summed E-state index contributed by atoms with van der Waals surface area (Å²) < 4.78 is 119. The molecule has 0 spiro atoms. The molecule has 0 aromatic heterocycles. The van der Waals surface area contributed by atoms with E-state index in [1.807, 2.05) is 0 Å². The predicted octanol–water partition coefficient (Wildman–Crippen LogP) is 1.78. The van der Waals surface area contributed by atoms with Crippen LogP contribution in [0, 0.1) is 0 Å². The van der Waals surface area contributed by atoms with Gasteiger partial charge in [0.25, 0.3) is 0 Å². The average molecular weight is 372 g/mol. The van der Waals surface area contributed by atoms with Crippen LogP contribution in [-0.4, -0.2) is 42.2 Å². The fourth-order valence-electron chi connectivity index (χ4n) is 0.719. The summed E-state index contributed by atoms with van der Waals surface area (Å²) in [6, 6.07) is 0. The van der Waals surface area contributed by atoms with Crippen molar-refractivity contribution in [1.82, 2.24) is 0 Å². The van der Waals surface area contributed by atoms with Crippen molar-refractivity contribution < 1.29 is 62.3 Å². The minimum Gasteiger partial charge on any atom is -0.300 e. The summed E-state index contributed by atoms with van der Waals surface area (Å²) in [6.45, 7) is -2.72. The molecule has 128 valence electrons. The van der Waals surface area contributed by atoms with Crippen LogP contribution in [-0.2, 0) is 28.5 Å². The molecule has 16 heteroatoms. The Balaban J connectivity index is 5.23. The normalized spacial score (nSPS) is 19.9. The van der Waals surface area contributed by atoms with Gasteiger partial charge in [0.05, 0.1) is 0 Å². The Morgan fingerprint density at radius 2 is 1.62 bits per heavy atom. The van der Waals surface area contributed by atoms with Gasteiger partial charge in [-0.05, 0) is 6.92 Å². The zero-order valence-electron chi connectivity index (χ0n) is 9.67. The fraction of sp³-hybridized carbons (Fsp3) is 1.00. The minimum atomic E-state index is -6.32. The topological polar surface area (TPSA) is 119 Å². The second-order valence-corrected chi connectivity index (χ2v) is 6.10. The number of rotatable bonds is 7. The summed E-state index contributed by atoms with van der Waals surface area (Å²) in [7, 11) is -11.6. The molecule has 0 aromatic rings. The smallest absolute Gasteiger partial charge is 0.300 e. The van der Waals surface area contributed by atoms with E-state index in [1.165, 1.54) is 0 Å². The van der Waals surface area contributed by atoms with Gasteiger partial charge in [0.15, 0.2) is 0 Å². The van der Waals surface area contributed by atoms with Crippen LogP contribution in [0.4, 0.5) is 26.3 Å². The summed E-state index contributed by atoms with van der Waals surface area (Å²) in [5.74, 6) is -5.88. The molecule has 2 N–H and O–H groups in total. The Labute approximate surface area is 113 Å². The molecular formula is C5H7F6O8PS. The molecule has 0 rings (SSSR count). The summed E-state index contributed by atoms with van der Waals surface area (Å²) in [5.41, 5.74) is -4.13. The molecule has 0 heterocycles. The van der Waals surface area contributed by atoms with Gasteiger partial charge in [-0.15, -0.1) is 8.64 Å². The van der Waals surface area contributed by atoms with E-state index in [0.717, 1.165) is 0 Å². The summed E-state index contributed by atoms with van der Waals surface area (Å²) in [5, 5.41) is 0. The number of phosphoric acid groups is 1. The van der Waals surface area contributed by atoms with E-state index < -0.39 is 42.6 Å². The lowest BCUT2D eigenvalue weighted by atomic mass is 9.99. The van der Waals surface area contributed by atoms with Crippen molar-refractivity contribution in [2.75, 3.05) is 6.67 Å². The van der Waals surface area contributed by atoms with Gasteiger partial charge in [0, 0.05) is 0 Å². The average Bonchev–Trinajstić information content (AvgIpc) is 2.20. The van der Waals surface area contributed by atoms with Gasteiger partial charge in [-0.2, -0.15) is 30.4 Å². The highest BCUT2D eigenvalue weighted by Gasteiger charge is 2.70. The van der Waals surface area contributed by atoms with Crippen LogP contribution in [0.5, 0.6) is 0 Å². The van der Waals surface area contributed by atoms with Crippen LogP contribution < -0.4 is 0 Å². The van der Waals surface area contributed by atoms with Crippen molar-refractivity contribution in [3.63, 3.8) is 0 Å². The van der Waals surface area contributed by atoms with Gasteiger partial charge in [-0.1, -0.05) is 0 Å². The molecule has 0 aromatic carbocycles. The van der Waals surface area contributed by atoms with Gasteiger partial charge in [0.1, 0.15) is 6.67 Å². The van der Waals surface area contributed by atoms with E-state index >= 15 is 0 Å². The molecule has 0 bridgehead atoms. The molecule has 0 saturated carbocycles. The van der Waals surface area contributed by atoms with Crippen molar-refractivity contribution >= 4 is 18.2 Å². The zero-order valence-corrected chi connectivity index (χ0v) is 11.4. The number of alkyl halides is 6. The van der Waals surface area contributed by atoms with Crippen LogP contribution >= 0.6 is 7.82 Å². The Bertz CT molecular complexity index is 518. The van der Waals surface area contributed by atoms with E-state index in [2.05, 4.69) is 13.5 Å². The number of halogens is 6. The van der Waals surface area contributed by atoms with Crippen molar-refractivity contribution in [2.24, 2.45) is 0 Å². The summed E-state index contributed by atoms with van der Waals surface area (Å²) >= 11 is 0. The SMILES string of the molecule is CC(CF)(OOP(=O)(O)OS(=O)(=O)O)C(F)(F)C(F)(F)F. The molecule has 0 aliphatic carbocycles. The Morgan fingerprint density at radius 1 is 1.19 bits per heavy atom. The predicted molar refractivity (Wildman–Crippen MR) is 50.0 cm³/mol. The first-order valence-electron chi connectivity index (χ1n) is 4.37. The molecule has 21 heavy (non-hydrogen) atoms. The monoisotopic (exact) mass is 372 g/mol. The third-order valence-corrected chi connectivity index (χ3v) is 3.55. The molecule has 0 aliphatic rings. The molecule has 0 radical (unpaired) electrons. The number of hydrogen-bond acceptors (Lipinski definition) is 6. The van der Waals surface area contributed by atoms with Crippen LogP contribution in [0.15, 0.2) is 0 Å². The highest BCUT2D eigenvalue weighted by Crippen LogP contribution is 2.50. The lowest BCUT2D eigenvalue weighted by Gasteiger charge is -2.34. The van der Waals surface area contributed by atoms with Crippen LogP contribution in [0.2, 0.25) is 0 Å². The van der Waals surface area contributed by atoms with Gasteiger partial charge < -0.3 is 4.89 Å². The highest BCUT2D eigenvalue weighted by atomic mass is 32.3. The maximum atomic E-state index is 12.9. The molecule has 0 aliphatic heterocycles. The van der Waals surface area contributed by atoms with E-state index in [4.69, 9.17) is 9.45 Å². The maximum absolute atomic E-state index is 12.9. The zero-order chi connectivity index (χ0) is 17.3. The first-order valence-corrected chi connectivity index (χ1v) is 7.23. The van der Waals surface area contributed by atoms with Gasteiger partial charge in [-0.25, -0.2) is 13.8 Å². The van der Waals surface area contributed by atoms with Crippen LogP contribution in [0.1, 0.15) is 6.92 Å². The second-order valence-electron chi connectivity index (χ2n) is 3.57. The van der Waals surface area contributed by atoms with Crippen LogP contribution in [0.3, 0.4) is 0 Å². The number of hydrogen-bond donors (Lipinski definition) is 2. The Morgan fingerprint density at radius 3 is 1.90 bits per heavy atom. The molecule has 2 atom stereocenters. The lowest BCUT2D eigenvalue weighted by Crippen LogP contribution is -2.58. The van der Waals surface area contributed by atoms with Crippen molar-refractivity contribution in [3.05, 3.63) is 0 Å². The van der Waals surface area contributed by atoms with Crippen molar-refractivity contribution in [1.29, 1.82) is 0 Å². The lowest BCUT2D eigenvalue weighted by molar-refractivity contribution is -0.410. The highest BCUT2D eigenvalue weighted by molar-refractivity contribution is 7.85. The molecule has 8 nitrogen and oxygen atoms in total. The van der Waals surface area contributed by atoms with E-state index in [1.54, 1.807) is 0 Å². The molecule has 0 fully saturated rings. The molecule has 0 saturated heterocycles. The second kappa shape index (κ2) is 5.98. The largest absolute Gasteiger partial charge is 0.516 e. The van der Waals surface area contributed by atoms with Crippen molar-refractivity contribution in [2.45, 2.75) is 24.6 Å². The van der Waals surface area contributed by atoms with E-state index in [-0.39, 0.29) is 6.92 Å². The molecular weight excluding hydrogens is 365 g/mol. The third-order valence-electron chi connectivity index (χ3n) is 1.78. The van der Waals surface area contributed by atoms with Gasteiger partial charge in [0.2, 0.25) is 5.60 Å². The summed E-state index contributed by atoms with van der Waals surface area (Å²) in [6.07, 6.45) is -6.32. The Kier molecular flexibility index (Phi) is 5.86. The van der Waals surface area contributed by atoms with E-state index in [9.17, 15) is 39.3 Å². The van der Waals surface area contributed by atoms with Crippen LogP contribution in [0.25, 0.3) is 0 Å². The first kappa shape index (κ1) is 20.6. The van der Waals surface area contributed by atoms with Gasteiger partial charge in [-0.3, -0.25) is 4.55 Å². The molecule has 2 unspecified atom stereocenters. The minimum absolute atomic E-state index is 0.173. The van der Waals surface area contributed by atoms with E-state index in [0.29, 0.717) is 0 Å².